The maximum Gasteiger partial charge on any atom is 0.328 e. The van der Waals surface area contributed by atoms with Gasteiger partial charge in [-0.05, 0) is 0 Å². The van der Waals surface area contributed by atoms with Crippen LogP contribution in [-0.2, 0) is 9.53 Å². The van der Waals surface area contributed by atoms with Crippen molar-refractivity contribution in [3.63, 3.8) is 0 Å². The van der Waals surface area contributed by atoms with Gasteiger partial charge in [0.05, 0.1) is 19.5 Å². The number of hydroxylamine groups is 1. The molecule has 1 amide bonds. The molecule has 2 rings (SSSR count). The van der Waals surface area contributed by atoms with Crippen LogP contribution in [-0.4, -0.2) is 84.5 Å². The number of carbonyl (C=O) groups is 2. The van der Waals surface area contributed by atoms with E-state index < -0.39 is 66.5 Å². The minimum absolute atomic E-state index is 0.334. The number of nitrogens with two attached hydrogens (primary N) is 1. The largest absolute Gasteiger partial charge is 0.739 e. The van der Waals surface area contributed by atoms with Crippen molar-refractivity contribution in [3.05, 3.63) is 22.1 Å². The number of carbonyl (C=O) groups excluding carboxylic acids is 1. The highest BCUT2D eigenvalue weighted by Crippen LogP contribution is 2.31. The number of anilines is 1. The number of carboxylic acids is 1. The zero-order chi connectivity index (χ0) is 20.3. The summed E-state index contributed by atoms with van der Waals surface area (Å²) in [7, 11) is 0. The number of nitrogens with zero attached hydrogens (tertiary/aromatic N) is 4. The van der Waals surface area contributed by atoms with Gasteiger partial charge in [0.25, 0.3) is 5.91 Å². The van der Waals surface area contributed by atoms with Crippen molar-refractivity contribution in [2.45, 2.75) is 30.6 Å². The Bertz CT molecular complexity index is 712. The Kier molecular flexibility index (Phi) is 6.24. The summed E-state index contributed by atoms with van der Waals surface area (Å²) >= 11 is 0. The number of rotatable bonds is 8. The number of hydrogen-bond donors (Lipinski definition) is 6. The number of aliphatic hydroxyl groups excluding tert-OH is 3. The van der Waals surface area contributed by atoms with Crippen LogP contribution in [0.3, 0.4) is 0 Å². The average molecular weight is 389 g/mol. The Balaban J connectivity index is 2.17. The first-order valence-electron chi connectivity index (χ1n) is 7.47. The summed E-state index contributed by atoms with van der Waals surface area (Å²) in [6.45, 7) is -1.52. The van der Waals surface area contributed by atoms with Crippen molar-refractivity contribution >= 4 is 17.7 Å². The molecule has 15 nitrogen and oxygen atoms in total. The van der Waals surface area contributed by atoms with Gasteiger partial charge in [-0.3, -0.25) is 9.36 Å². The summed E-state index contributed by atoms with van der Waals surface area (Å²) in [5.41, 5.74) is 5.33. The van der Waals surface area contributed by atoms with E-state index in [-0.39, 0.29) is 5.82 Å². The smallest absolute Gasteiger partial charge is 0.328 e. The quantitative estimate of drug-likeness (QED) is 0.190. The molecule has 150 valence electrons. The fraction of sp³-hybridized carbons (Fsp3) is 0.583. The van der Waals surface area contributed by atoms with Crippen molar-refractivity contribution in [2.24, 2.45) is 5.29 Å². The van der Waals surface area contributed by atoms with Crippen LogP contribution < -0.4 is 11.1 Å². The molecule has 15 heteroatoms. The van der Waals surface area contributed by atoms with Gasteiger partial charge in [0.2, 0.25) is 0 Å². The van der Waals surface area contributed by atoms with Gasteiger partial charge in [-0.15, -0.1) is 4.91 Å². The molecular weight excluding hydrogens is 372 g/mol. The molecule has 1 saturated heterocycles. The van der Waals surface area contributed by atoms with Crippen LogP contribution in [0.25, 0.3) is 0 Å². The van der Waals surface area contributed by atoms with E-state index in [9.17, 15) is 29.9 Å². The van der Waals surface area contributed by atoms with E-state index in [1.807, 2.05) is 10.6 Å². The molecule has 7 N–H and O–H groups in total. The topological polar surface area (TPSA) is 236 Å². The van der Waals surface area contributed by atoms with Crippen LogP contribution in [0.2, 0.25) is 0 Å². The van der Waals surface area contributed by atoms with Gasteiger partial charge in [-0.1, -0.05) is 0 Å². The molecule has 0 spiro atoms. The lowest BCUT2D eigenvalue weighted by Crippen LogP contribution is -2.46. The second-order valence-corrected chi connectivity index (χ2v) is 5.60. The number of nitroso groups, excluding NO2 is 1. The summed E-state index contributed by atoms with van der Waals surface area (Å²) in [6.07, 6.45) is -4.21. The third-order valence-corrected chi connectivity index (χ3v) is 3.87. The van der Waals surface area contributed by atoms with E-state index in [4.69, 9.17) is 20.7 Å². The number of amides is 1. The summed E-state index contributed by atoms with van der Waals surface area (Å²) in [4.78, 5) is 37.1. The van der Waals surface area contributed by atoms with Crippen molar-refractivity contribution in [1.82, 2.24) is 20.0 Å². The molecule has 2 heterocycles. The van der Waals surface area contributed by atoms with Crippen molar-refractivity contribution in [1.29, 1.82) is 0 Å². The zero-order valence-corrected chi connectivity index (χ0v) is 13.6. The molecule has 1 unspecified atom stereocenters. The normalized spacial score (nSPS) is 25.8. The molecule has 0 aliphatic carbocycles. The fourth-order valence-corrected chi connectivity index (χ4v) is 2.46. The molecule has 1 fully saturated rings. The lowest BCUT2D eigenvalue weighted by atomic mass is 10.1. The number of carboxylic acid groups (broad SMARTS) is 1. The summed E-state index contributed by atoms with van der Waals surface area (Å²) < 4.78 is 6.27. The zero-order valence-electron chi connectivity index (χ0n) is 13.6. The predicted octanol–water partition coefficient (Wildman–Crippen LogP) is -3.26. The minimum Gasteiger partial charge on any atom is -0.739 e. The number of aromatic nitrogens is 2. The highest BCUT2D eigenvalue weighted by Gasteiger charge is 2.44. The van der Waals surface area contributed by atoms with Gasteiger partial charge in [-0.25, -0.2) is 9.78 Å². The summed E-state index contributed by atoms with van der Waals surface area (Å²) in [5, 5.41) is 52.2. The van der Waals surface area contributed by atoms with E-state index in [0.717, 1.165) is 10.9 Å². The van der Waals surface area contributed by atoms with Gasteiger partial charge in [0.1, 0.15) is 30.2 Å². The molecule has 0 saturated carbocycles. The van der Waals surface area contributed by atoms with E-state index in [1.54, 1.807) is 0 Å². The van der Waals surface area contributed by atoms with Crippen LogP contribution in [0.5, 0.6) is 0 Å². The number of hydrogen-bond acceptors (Lipinski definition) is 11. The second kappa shape index (κ2) is 8.23. The fourth-order valence-electron chi connectivity index (χ4n) is 2.46. The van der Waals surface area contributed by atoms with Gasteiger partial charge in [-0.2, -0.15) is 0 Å². The highest BCUT2D eigenvalue weighted by atomic mass is 16.6. The Morgan fingerprint density at radius 2 is 2.15 bits per heavy atom. The van der Waals surface area contributed by atoms with E-state index in [1.165, 1.54) is 0 Å². The molecular formula is C12H17N6O9-. The lowest BCUT2D eigenvalue weighted by molar-refractivity contribution is -0.139. The van der Waals surface area contributed by atoms with Crippen LogP contribution >= 0.6 is 0 Å². The Hall–Kier alpha value is -2.85. The summed E-state index contributed by atoms with van der Waals surface area (Å²) in [6, 6.07) is -1.77. The Morgan fingerprint density at radius 1 is 1.48 bits per heavy atom. The highest BCUT2D eigenvalue weighted by molar-refractivity contribution is 5.98. The minimum atomic E-state index is -1.77. The van der Waals surface area contributed by atoms with Crippen LogP contribution in [0.1, 0.15) is 16.7 Å². The number of aliphatic hydroxyl groups is 3. The molecule has 27 heavy (non-hydrogen) atoms. The number of nitrogen functional groups attached to an aromatic ring is 1. The first-order chi connectivity index (χ1) is 12.7. The van der Waals surface area contributed by atoms with Crippen molar-refractivity contribution in [3.8, 4) is 0 Å². The SMILES string of the molecule is Nc1c(C(=O)NC(CN([O-])N=O)C(=O)O)ncn1[C@@H]1O[C@H](CO)[C@@H](O)[C@H]1O. The monoisotopic (exact) mass is 389 g/mol. The maximum absolute atomic E-state index is 12.2. The summed E-state index contributed by atoms with van der Waals surface area (Å²) in [5.74, 6) is -3.02. The molecule has 0 radical (unpaired) electrons. The van der Waals surface area contributed by atoms with Gasteiger partial charge in [0, 0.05) is 5.29 Å². The molecule has 0 bridgehead atoms. The number of ether oxygens (including phenoxy) is 1. The van der Waals surface area contributed by atoms with Crippen molar-refractivity contribution in [2.75, 3.05) is 18.9 Å². The van der Waals surface area contributed by atoms with Gasteiger partial charge < -0.3 is 46.6 Å². The Labute approximate surface area is 150 Å². The van der Waals surface area contributed by atoms with Crippen LogP contribution in [0, 0.1) is 10.1 Å². The van der Waals surface area contributed by atoms with E-state index in [2.05, 4.69) is 4.98 Å². The van der Waals surface area contributed by atoms with Crippen LogP contribution in [0.15, 0.2) is 11.6 Å². The third kappa shape index (κ3) is 4.12. The number of aliphatic carboxylic acids is 1. The first-order valence-corrected chi connectivity index (χ1v) is 7.47. The Morgan fingerprint density at radius 3 is 2.67 bits per heavy atom. The molecule has 1 aromatic rings. The molecule has 0 aromatic carbocycles. The molecule has 5 atom stereocenters. The third-order valence-electron chi connectivity index (χ3n) is 3.87. The average Bonchev–Trinajstić information content (AvgIpc) is 3.14. The number of imidazole rings is 1. The van der Waals surface area contributed by atoms with Crippen molar-refractivity contribution < 1.29 is 34.8 Å². The predicted molar refractivity (Wildman–Crippen MR) is 84.4 cm³/mol. The molecule has 1 aliphatic rings. The molecule has 1 aromatic heterocycles. The van der Waals surface area contributed by atoms with E-state index >= 15 is 0 Å². The van der Waals surface area contributed by atoms with E-state index in [0.29, 0.717) is 0 Å². The maximum atomic E-state index is 12.2. The van der Waals surface area contributed by atoms with Crippen LogP contribution in [0.4, 0.5) is 5.82 Å². The number of nitrogens with one attached hydrogen (secondary N) is 1. The first kappa shape index (κ1) is 20.5. The van der Waals surface area contributed by atoms with Gasteiger partial charge in [0.15, 0.2) is 11.9 Å². The lowest BCUT2D eigenvalue weighted by Gasteiger charge is -2.24. The standard InChI is InChI=1S/C12H17N6O9/c13-9-6(10(22)15-4(12(23)24)1-18(26)16-25)14-3-17(9)11-8(21)7(20)5(2-19)27-11/h3-5,7-8,11,19-21H,1-2,13H2,(H,15,22)(H,23,24)/q-1/t4?,5-,7-,8-,11-/m1/s1. The molecule has 1 aliphatic heterocycles. The van der Waals surface area contributed by atoms with Gasteiger partial charge >= 0.3 is 5.97 Å². The second-order valence-electron chi connectivity index (χ2n) is 5.60.